The number of fused-ring (bicyclic) bond motifs is 1. The molecule has 2 aromatic heterocycles. The number of nitrogens with zero attached hydrogens (tertiary/aromatic N) is 4. The molecule has 4 aromatic rings. The summed E-state index contributed by atoms with van der Waals surface area (Å²) in [6, 6.07) is 18.6. The quantitative estimate of drug-likeness (QED) is 0.344. The zero-order valence-electron chi connectivity index (χ0n) is 19.7. The van der Waals surface area contributed by atoms with Crippen molar-refractivity contribution >= 4 is 21.6 Å². The van der Waals surface area contributed by atoms with Gasteiger partial charge in [0.25, 0.3) is 0 Å². The molecule has 0 unspecified atom stereocenters. The molecule has 7 heteroatoms. The molecule has 0 aliphatic carbocycles. The largest absolute Gasteiger partial charge is 0.493 e. The second kappa shape index (κ2) is 10.5. The van der Waals surface area contributed by atoms with Crippen molar-refractivity contribution in [1.82, 2.24) is 19.8 Å². The Labute approximate surface area is 204 Å². The summed E-state index contributed by atoms with van der Waals surface area (Å²) in [6.07, 6.45) is 3.71. The summed E-state index contributed by atoms with van der Waals surface area (Å²) in [6.45, 7) is 5.78. The van der Waals surface area contributed by atoms with E-state index in [0.29, 0.717) is 11.6 Å². The lowest BCUT2D eigenvalue weighted by atomic mass is 10.1. The van der Waals surface area contributed by atoms with E-state index in [2.05, 4.69) is 57.1 Å². The first-order valence-electron chi connectivity index (χ1n) is 11.8. The molecule has 176 valence electrons. The van der Waals surface area contributed by atoms with Gasteiger partial charge in [0.05, 0.1) is 12.5 Å². The van der Waals surface area contributed by atoms with E-state index in [-0.39, 0.29) is 0 Å². The average Bonchev–Trinajstić information content (AvgIpc) is 3.32. The zero-order valence-corrected chi connectivity index (χ0v) is 20.6. The molecule has 1 aliphatic rings. The molecule has 0 amide bonds. The normalized spacial score (nSPS) is 15.0. The van der Waals surface area contributed by atoms with E-state index in [1.807, 2.05) is 24.3 Å². The molecule has 5 rings (SSSR count). The minimum atomic E-state index is 0.546. The van der Waals surface area contributed by atoms with Gasteiger partial charge in [-0.1, -0.05) is 36.4 Å². The Kier molecular flexibility index (Phi) is 7.04. The highest BCUT2D eigenvalue weighted by molar-refractivity contribution is 7.21. The van der Waals surface area contributed by atoms with Gasteiger partial charge in [0, 0.05) is 31.1 Å². The standard InChI is InChI=1S/C27H30N4O2S/c1-30-13-15-31(16-14-30)12-6-7-20-10-11-23(24(17-20)32-2)33-26-22-18-25(21-8-4-3-5-9-21)34-27(22)29-19-28-26/h3-5,8-11,17-19H,6-7,12-16H2,1-2H3. The molecule has 0 saturated carbocycles. The molecule has 0 spiro atoms. The molecule has 6 nitrogen and oxygen atoms in total. The van der Waals surface area contributed by atoms with Crippen LogP contribution in [0.1, 0.15) is 12.0 Å². The summed E-state index contributed by atoms with van der Waals surface area (Å²) in [5.41, 5.74) is 2.42. The van der Waals surface area contributed by atoms with Crippen molar-refractivity contribution in [2.75, 3.05) is 46.9 Å². The monoisotopic (exact) mass is 474 g/mol. The highest BCUT2D eigenvalue weighted by Crippen LogP contribution is 2.39. The third-order valence-corrected chi connectivity index (χ3v) is 7.41. The lowest BCUT2D eigenvalue weighted by Crippen LogP contribution is -2.44. The van der Waals surface area contributed by atoms with E-state index < -0.39 is 0 Å². The van der Waals surface area contributed by atoms with Crippen molar-refractivity contribution in [2.24, 2.45) is 0 Å². The van der Waals surface area contributed by atoms with Crippen LogP contribution in [0.2, 0.25) is 0 Å². The second-order valence-electron chi connectivity index (χ2n) is 8.71. The summed E-state index contributed by atoms with van der Waals surface area (Å²) in [7, 11) is 3.88. The maximum Gasteiger partial charge on any atom is 0.231 e. The molecule has 1 aliphatic heterocycles. The van der Waals surface area contributed by atoms with Crippen LogP contribution in [0.25, 0.3) is 20.7 Å². The third kappa shape index (κ3) is 5.22. The van der Waals surface area contributed by atoms with Gasteiger partial charge in [-0.2, -0.15) is 0 Å². The van der Waals surface area contributed by atoms with Gasteiger partial charge in [0.15, 0.2) is 11.5 Å². The maximum absolute atomic E-state index is 6.25. The van der Waals surface area contributed by atoms with Crippen molar-refractivity contribution in [1.29, 1.82) is 0 Å². The number of ether oxygens (including phenoxy) is 2. The summed E-state index contributed by atoms with van der Waals surface area (Å²) in [5, 5.41) is 0.907. The first kappa shape index (κ1) is 22.8. The lowest BCUT2D eigenvalue weighted by molar-refractivity contribution is 0.153. The predicted molar refractivity (Wildman–Crippen MR) is 138 cm³/mol. The fraction of sp³-hybridized carbons (Fsp3) is 0.333. The number of likely N-dealkylation sites (N-methyl/N-ethyl adjacent to an activating group) is 1. The number of methoxy groups -OCH3 is 1. The van der Waals surface area contributed by atoms with Crippen molar-refractivity contribution < 1.29 is 9.47 Å². The Morgan fingerprint density at radius 1 is 0.941 bits per heavy atom. The molecule has 1 saturated heterocycles. The summed E-state index contributed by atoms with van der Waals surface area (Å²) in [4.78, 5) is 15.9. The Morgan fingerprint density at radius 2 is 1.76 bits per heavy atom. The number of hydrogen-bond acceptors (Lipinski definition) is 7. The van der Waals surface area contributed by atoms with Crippen LogP contribution in [0.3, 0.4) is 0 Å². The van der Waals surface area contributed by atoms with Gasteiger partial charge in [0.1, 0.15) is 11.2 Å². The first-order chi connectivity index (χ1) is 16.7. The van der Waals surface area contributed by atoms with Crippen LogP contribution in [0, 0.1) is 0 Å². The highest BCUT2D eigenvalue weighted by Gasteiger charge is 2.15. The second-order valence-corrected chi connectivity index (χ2v) is 9.74. The van der Waals surface area contributed by atoms with Crippen LogP contribution >= 0.6 is 11.3 Å². The van der Waals surface area contributed by atoms with Gasteiger partial charge in [-0.25, -0.2) is 9.97 Å². The number of aromatic nitrogens is 2. The van der Waals surface area contributed by atoms with Gasteiger partial charge >= 0.3 is 0 Å². The maximum atomic E-state index is 6.25. The molecule has 34 heavy (non-hydrogen) atoms. The minimum absolute atomic E-state index is 0.546. The zero-order chi connectivity index (χ0) is 23.3. The molecule has 1 fully saturated rings. The van der Waals surface area contributed by atoms with E-state index in [4.69, 9.17) is 9.47 Å². The number of rotatable bonds is 8. The van der Waals surface area contributed by atoms with Crippen molar-refractivity contribution in [3.63, 3.8) is 0 Å². The minimum Gasteiger partial charge on any atom is -0.493 e. The highest BCUT2D eigenvalue weighted by atomic mass is 32.1. The number of thiophene rings is 1. The third-order valence-electron chi connectivity index (χ3n) is 6.32. The number of hydrogen-bond donors (Lipinski definition) is 0. The Bertz CT molecular complexity index is 1240. The SMILES string of the molecule is COc1cc(CCCN2CCN(C)CC2)ccc1Oc1ncnc2sc(-c3ccccc3)cc12. The van der Waals surface area contributed by atoms with Crippen LogP contribution in [-0.2, 0) is 6.42 Å². The van der Waals surface area contributed by atoms with Gasteiger partial charge in [-0.15, -0.1) is 11.3 Å². The average molecular weight is 475 g/mol. The molecule has 0 atom stereocenters. The molecule has 3 heterocycles. The van der Waals surface area contributed by atoms with E-state index in [0.717, 1.165) is 72.0 Å². The molecular formula is C27H30N4O2S. The van der Waals surface area contributed by atoms with Gasteiger partial charge in [0.2, 0.25) is 5.88 Å². The molecule has 0 N–H and O–H groups in total. The molecule has 0 bridgehead atoms. The summed E-state index contributed by atoms with van der Waals surface area (Å²) < 4.78 is 11.9. The van der Waals surface area contributed by atoms with Gasteiger partial charge < -0.3 is 19.3 Å². The van der Waals surface area contributed by atoms with E-state index in [1.165, 1.54) is 5.56 Å². The predicted octanol–water partition coefficient (Wildman–Crippen LogP) is 5.34. The van der Waals surface area contributed by atoms with Crippen LogP contribution in [0.15, 0.2) is 60.9 Å². The smallest absolute Gasteiger partial charge is 0.231 e. The van der Waals surface area contributed by atoms with Crippen LogP contribution in [-0.4, -0.2) is 66.6 Å². The topological polar surface area (TPSA) is 50.7 Å². The number of piperazine rings is 1. The number of aryl methyl sites for hydroxylation is 1. The number of benzene rings is 2. The van der Waals surface area contributed by atoms with Crippen LogP contribution in [0.5, 0.6) is 17.4 Å². The van der Waals surface area contributed by atoms with Gasteiger partial charge in [-0.05, 0) is 55.8 Å². The van der Waals surface area contributed by atoms with Crippen molar-refractivity contribution in [3.8, 4) is 27.8 Å². The molecule has 0 radical (unpaired) electrons. The van der Waals surface area contributed by atoms with Gasteiger partial charge in [-0.3, -0.25) is 0 Å². The summed E-state index contributed by atoms with van der Waals surface area (Å²) >= 11 is 1.64. The Balaban J connectivity index is 1.29. The van der Waals surface area contributed by atoms with E-state index in [9.17, 15) is 0 Å². The van der Waals surface area contributed by atoms with Crippen LogP contribution in [0.4, 0.5) is 0 Å². The van der Waals surface area contributed by atoms with E-state index in [1.54, 1.807) is 24.8 Å². The van der Waals surface area contributed by atoms with Crippen molar-refractivity contribution in [3.05, 3.63) is 66.5 Å². The lowest BCUT2D eigenvalue weighted by Gasteiger charge is -2.32. The Hall–Kier alpha value is -3.00. The fourth-order valence-corrected chi connectivity index (χ4v) is 5.29. The van der Waals surface area contributed by atoms with Crippen molar-refractivity contribution in [2.45, 2.75) is 12.8 Å². The Morgan fingerprint density at radius 3 is 2.56 bits per heavy atom. The molecular weight excluding hydrogens is 444 g/mol. The van der Waals surface area contributed by atoms with Crippen LogP contribution < -0.4 is 9.47 Å². The molecule has 2 aromatic carbocycles. The van der Waals surface area contributed by atoms with E-state index >= 15 is 0 Å². The summed E-state index contributed by atoms with van der Waals surface area (Å²) in [5.74, 6) is 1.93. The first-order valence-corrected chi connectivity index (χ1v) is 12.6. The fourth-order valence-electron chi connectivity index (χ4n) is 4.29.